The highest BCUT2D eigenvalue weighted by molar-refractivity contribution is 5.13. The standard InChI is InChI=1S/C11H17N3O/c1-14-5-4-8(13-14)6-11(12)7-9-2-3-10(11)15-9/h4-5,9-10H,2-3,6-7,12H2,1H3. The Labute approximate surface area is 89.4 Å². The molecule has 2 N–H and O–H groups in total. The summed E-state index contributed by atoms with van der Waals surface area (Å²) in [6.45, 7) is 0. The highest BCUT2D eigenvalue weighted by Crippen LogP contribution is 2.41. The van der Waals surface area contributed by atoms with Gasteiger partial charge < -0.3 is 10.5 Å². The van der Waals surface area contributed by atoms with Crippen LogP contribution in [0.1, 0.15) is 25.0 Å². The van der Waals surface area contributed by atoms with Crippen LogP contribution in [0.2, 0.25) is 0 Å². The van der Waals surface area contributed by atoms with Crippen LogP contribution >= 0.6 is 0 Å². The second-order valence-corrected chi connectivity index (χ2v) is 4.92. The van der Waals surface area contributed by atoms with Gasteiger partial charge in [0.25, 0.3) is 0 Å². The maximum atomic E-state index is 6.41. The highest BCUT2D eigenvalue weighted by atomic mass is 16.5. The molecular formula is C11H17N3O. The van der Waals surface area contributed by atoms with Gasteiger partial charge in [-0.25, -0.2) is 0 Å². The lowest BCUT2D eigenvalue weighted by Crippen LogP contribution is -2.50. The molecule has 4 heteroatoms. The predicted octanol–water partition coefficient (Wildman–Crippen LogP) is 0.611. The Bertz CT molecular complexity index is 376. The summed E-state index contributed by atoms with van der Waals surface area (Å²) in [6, 6.07) is 2.04. The topological polar surface area (TPSA) is 53.1 Å². The molecule has 2 bridgehead atoms. The van der Waals surface area contributed by atoms with Gasteiger partial charge in [-0.1, -0.05) is 0 Å². The molecule has 4 nitrogen and oxygen atoms in total. The Morgan fingerprint density at radius 3 is 3.07 bits per heavy atom. The van der Waals surface area contributed by atoms with Crippen LogP contribution in [0.3, 0.4) is 0 Å². The molecule has 2 aliphatic rings. The van der Waals surface area contributed by atoms with Crippen LogP contribution in [-0.2, 0) is 18.2 Å². The third kappa shape index (κ3) is 1.48. The first-order valence-corrected chi connectivity index (χ1v) is 5.59. The zero-order valence-electron chi connectivity index (χ0n) is 9.02. The summed E-state index contributed by atoms with van der Waals surface area (Å²) < 4.78 is 7.63. The fraction of sp³-hybridized carbons (Fsp3) is 0.727. The Morgan fingerprint density at radius 2 is 2.53 bits per heavy atom. The van der Waals surface area contributed by atoms with E-state index in [9.17, 15) is 0 Å². The van der Waals surface area contributed by atoms with Crippen molar-refractivity contribution in [1.29, 1.82) is 0 Å². The van der Waals surface area contributed by atoms with E-state index in [0.717, 1.165) is 25.0 Å². The molecule has 0 radical (unpaired) electrons. The molecule has 2 fully saturated rings. The molecule has 15 heavy (non-hydrogen) atoms. The smallest absolute Gasteiger partial charge is 0.0764 e. The first kappa shape index (κ1) is 9.36. The molecule has 2 aliphatic heterocycles. The summed E-state index contributed by atoms with van der Waals surface area (Å²) in [5.74, 6) is 0. The Hall–Kier alpha value is -0.870. The number of nitrogens with zero attached hydrogens (tertiary/aromatic N) is 2. The molecular weight excluding hydrogens is 190 g/mol. The molecule has 3 unspecified atom stereocenters. The van der Waals surface area contributed by atoms with Gasteiger partial charge in [0.05, 0.1) is 23.4 Å². The van der Waals surface area contributed by atoms with Crippen molar-refractivity contribution in [2.75, 3.05) is 0 Å². The highest BCUT2D eigenvalue weighted by Gasteiger charge is 2.50. The third-order valence-electron chi connectivity index (χ3n) is 3.64. The number of fused-ring (bicyclic) bond motifs is 2. The van der Waals surface area contributed by atoms with E-state index in [1.54, 1.807) is 0 Å². The SMILES string of the molecule is Cn1ccc(CC2(N)CC3CCC2O3)n1. The minimum Gasteiger partial charge on any atom is -0.373 e. The zero-order valence-corrected chi connectivity index (χ0v) is 9.02. The second-order valence-electron chi connectivity index (χ2n) is 4.92. The van der Waals surface area contributed by atoms with Crippen molar-refractivity contribution in [3.05, 3.63) is 18.0 Å². The summed E-state index contributed by atoms with van der Waals surface area (Å²) >= 11 is 0. The molecule has 0 aliphatic carbocycles. The largest absolute Gasteiger partial charge is 0.373 e. The zero-order chi connectivity index (χ0) is 10.5. The average Bonchev–Trinajstić information content (AvgIpc) is 2.81. The lowest BCUT2D eigenvalue weighted by molar-refractivity contribution is 0.0854. The molecule has 3 atom stereocenters. The summed E-state index contributed by atoms with van der Waals surface area (Å²) in [4.78, 5) is 0. The van der Waals surface area contributed by atoms with Crippen LogP contribution in [-0.4, -0.2) is 27.5 Å². The molecule has 3 heterocycles. The first-order valence-electron chi connectivity index (χ1n) is 5.59. The number of hydrogen-bond acceptors (Lipinski definition) is 3. The van der Waals surface area contributed by atoms with Gasteiger partial charge in [-0.3, -0.25) is 4.68 Å². The predicted molar refractivity (Wildman–Crippen MR) is 56.3 cm³/mol. The number of aryl methyl sites for hydroxylation is 1. The van der Waals surface area contributed by atoms with E-state index in [4.69, 9.17) is 10.5 Å². The minimum absolute atomic E-state index is 0.169. The van der Waals surface area contributed by atoms with E-state index in [-0.39, 0.29) is 11.6 Å². The maximum absolute atomic E-state index is 6.41. The van der Waals surface area contributed by atoms with Gasteiger partial charge in [0.1, 0.15) is 0 Å². The summed E-state index contributed by atoms with van der Waals surface area (Å²) in [5, 5.41) is 4.38. The number of hydrogen-bond donors (Lipinski definition) is 1. The van der Waals surface area contributed by atoms with E-state index >= 15 is 0 Å². The molecule has 0 aromatic carbocycles. The van der Waals surface area contributed by atoms with Crippen LogP contribution < -0.4 is 5.73 Å². The number of aromatic nitrogens is 2. The van der Waals surface area contributed by atoms with Crippen molar-refractivity contribution >= 4 is 0 Å². The van der Waals surface area contributed by atoms with Crippen LogP contribution in [0.5, 0.6) is 0 Å². The van der Waals surface area contributed by atoms with Gasteiger partial charge >= 0.3 is 0 Å². The lowest BCUT2D eigenvalue weighted by Gasteiger charge is -2.30. The Morgan fingerprint density at radius 1 is 1.67 bits per heavy atom. The van der Waals surface area contributed by atoms with Crippen LogP contribution in [0.25, 0.3) is 0 Å². The maximum Gasteiger partial charge on any atom is 0.0764 e. The molecule has 2 saturated heterocycles. The van der Waals surface area contributed by atoms with Crippen molar-refractivity contribution in [2.45, 2.75) is 43.4 Å². The molecule has 0 spiro atoms. The van der Waals surface area contributed by atoms with E-state index in [2.05, 4.69) is 5.10 Å². The number of nitrogens with two attached hydrogens (primary N) is 1. The van der Waals surface area contributed by atoms with Crippen molar-refractivity contribution in [3.8, 4) is 0 Å². The fourth-order valence-electron chi connectivity index (χ4n) is 2.91. The number of ether oxygens (including phenoxy) is 1. The normalized spacial score (nSPS) is 38.8. The Kier molecular flexibility index (Phi) is 1.91. The van der Waals surface area contributed by atoms with Crippen LogP contribution in [0.4, 0.5) is 0 Å². The molecule has 1 aromatic rings. The van der Waals surface area contributed by atoms with Crippen molar-refractivity contribution < 1.29 is 4.74 Å². The van der Waals surface area contributed by atoms with E-state index in [1.807, 2.05) is 24.0 Å². The average molecular weight is 207 g/mol. The molecule has 3 rings (SSSR count). The quantitative estimate of drug-likeness (QED) is 0.773. The van der Waals surface area contributed by atoms with Crippen LogP contribution in [0.15, 0.2) is 12.3 Å². The summed E-state index contributed by atoms with van der Waals surface area (Å²) in [7, 11) is 1.93. The minimum atomic E-state index is -0.169. The van der Waals surface area contributed by atoms with Gasteiger partial charge in [-0.2, -0.15) is 5.10 Å². The molecule has 0 saturated carbocycles. The van der Waals surface area contributed by atoms with Crippen LogP contribution in [0, 0.1) is 0 Å². The van der Waals surface area contributed by atoms with Gasteiger partial charge in [-0.15, -0.1) is 0 Å². The van der Waals surface area contributed by atoms with Crippen molar-refractivity contribution in [2.24, 2.45) is 12.8 Å². The summed E-state index contributed by atoms with van der Waals surface area (Å²) in [6.07, 6.45) is 6.77. The van der Waals surface area contributed by atoms with Crippen molar-refractivity contribution in [3.63, 3.8) is 0 Å². The first-order chi connectivity index (χ1) is 7.16. The van der Waals surface area contributed by atoms with Gasteiger partial charge in [0.2, 0.25) is 0 Å². The third-order valence-corrected chi connectivity index (χ3v) is 3.64. The molecule has 82 valence electrons. The monoisotopic (exact) mass is 207 g/mol. The van der Waals surface area contributed by atoms with Gasteiger partial charge in [-0.05, 0) is 25.3 Å². The van der Waals surface area contributed by atoms with Gasteiger partial charge in [0.15, 0.2) is 0 Å². The number of rotatable bonds is 2. The molecule has 1 aromatic heterocycles. The lowest BCUT2D eigenvalue weighted by atomic mass is 9.79. The second kappa shape index (κ2) is 3.06. The van der Waals surface area contributed by atoms with E-state index in [1.165, 1.54) is 6.42 Å². The summed E-state index contributed by atoms with van der Waals surface area (Å²) in [5.41, 5.74) is 7.32. The van der Waals surface area contributed by atoms with Gasteiger partial charge in [0, 0.05) is 19.7 Å². The molecule has 0 amide bonds. The Balaban J connectivity index is 1.77. The van der Waals surface area contributed by atoms with E-state index < -0.39 is 0 Å². The van der Waals surface area contributed by atoms with E-state index in [0.29, 0.717) is 6.10 Å². The fourth-order valence-corrected chi connectivity index (χ4v) is 2.91. The van der Waals surface area contributed by atoms with Crippen molar-refractivity contribution in [1.82, 2.24) is 9.78 Å².